The molecule has 1 aromatic heterocycles. The number of hydrogen-bond acceptors (Lipinski definition) is 2. The van der Waals surface area contributed by atoms with E-state index in [1.165, 1.54) is 0 Å². The molecule has 0 aliphatic rings. The van der Waals surface area contributed by atoms with Crippen LogP contribution in [0.2, 0.25) is 0 Å². The third-order valence-corrected chi connectivity index (χ3v) is 4.77. The van der Waals surface area contributed by atoms with Gasteiger partial charge in [-0.3, -0.25) is 14.2 Å². The van der Waals surface area contributed by atoms with Crippen molar-refractivity contribution in [2.75, 3.05) is 5.32 Å². The Morgan fingerprint density at radius 3 is 2.46 bits per heavy atom. The topological polar surface area (TPSA) is 51.1 Å². The van der Waals surface area contributed by atoms with E-state index >= 15 is 0 Å². The number of aryl methyl sites for hydroxylation is 3. The maximum atomic E-state index is 13.0. The van der Waals surface area contributed by atoms with E-state index in [4.69, 9.17) is 0 Å². The van der Waals surface area contributed by atoms with Gasteiger partial charge in [0.15, 0.2) is 0 Å². The fraction of sp³-hybridized carbons (Fsp3) is 0.273. The molecular weight excluding hydrogens is 324 g/mol. The molecular formula is C22H24N2O2. The quantitative estimate of drug-likeness (QED) is 0.754. The van der Waals surface area contributed by atoms with Gasteiger partial charge in [-0.05, 0) is 56.0 Å². The SMILES string of the molecule is CCC(C(=O)Nc1cccc(C)c1)n1c(=O)cc(C)c2cccc(C)c21. The van der Waals surface area contributed by atoms with Gasteiger partial charge in [0.25, 0.3) is 5.56 Å². The standard InChI is InChI=1S/C22H24N2O2/c1-5-19(22(26)23-17-10-6-8-14(2)12-17)24-20(25)13-16(4)18-11-7-9-15(3)21(18)24/h6-13,19H,5H2,1-4H3,(H,23,26). The largest absolute Gasteiger partial charge is 0.324 e. The summed E-state index contributed by atoms with van der Waals surface area (Å²) in [6.07, 6.45) is 0.532. The summed E-state index contributed by atoms with van der Waals surface area (Å²) in [7, 11) is 0. The first-order chi connectivity index (χ1) is 12.4. The number of benzene rings is 2. The second-order valence-corrected chi connectivity index (χ2v) is 6.79. The highest BCUT2D eigenvalue weighted by Gasteiger charge is 2.23. The van der Waals surface area contributed by atoms with Crippen LogP contribution in [0, 0.1) is 20.8 Å². The first kappa shape index (κ1) is 17.9. The number of amides is 1. The highest BCUT2D eigenvalue weighted by atomic mass is 16.2. The fourth-order valence-electron chi connectivity index (χ4n) is 3.48. The third-order valence-electron chi connectivity index (χ3n) is 4.77. The van der Waals surface area contributed by atoms with Crippen molar-refractivity contribution >= 4 is 22.5 Å². The van der Waals surface area contributed by atoms with Crippen LogP contribution in [0.5, 0.6) is 0 Å². The van der Waals surface area contributed by atoms with Crippen LogP contribution in [-0.2, 0) is 4.79 Å². The zero-order valence-electron chi connectivity index (χ0n) is 15.7. The molecule has 134 valence electrons. The van der Waals surface area contributed by atoms with Crippen LogP contribution in [0.15, 0.2) is 53.3 Å². The summed E-state index contributed by atoms with van der Waals surface area (Å²) in [6, 6.07) is 14.7. The molecule has 2 aromatic carbocycles. The molecule has 3 rings (SSSR count). The zero-order valence-corrected chi connectivity index (χ0v) is 15.7. The molecule has 0 aliphatic carbocycles. The van der Waals surface area contributed by atoms with Crippen molar-refractivity contribution in [3.8, 4) is 0 Å². The summed E-state index contributed by atoms with van der Waals surface area (Å²) in [4.78, 5) is 25.8. The number of pyridine rings is 1. The van der Waals surface area contributed by atoms with Crippen LogP contribution in [0.1, 0.15) is 36.1 Å². The summed E-state index contributed by atoms with van der Waals surface area (Å²) < 4.78 is 1.64. The molecule has 0 saturated heterocycles. The Morgan fingerprint density at radius 1 is 1.04 bits per heavy atom. The van der Waals surface area contributed by atoms with Gasteiger partial charge in [0.1, 0.15) is 6.04 Å². The maximum Gasteiger partial charge on any atom is 0.252 e. The van der Waals surface area contributed by atoms with Crippen molar-refractivity contribution in [3.63, 3.8) is 0 Å². The molecule has 1 unspecified atom stereocenters. The van der Waals surface area contributed by atoms with Gasteiger partial charge in [0, 0.05) is 17.1 Å². The minimum Gasteiger partial charge on any atom is -0.324 e. The van der Waals surface area contributed by atoms with Gasteiger partial charge in [0.2, 0.25) is 5.91 Å². The number of anilines is 1. The van der Waals surface area contributed by atoms with Gasteiger partial charge < -0.3 is 5.32 Å². The lowest BCUT2D eigenvalue weighted by Gasteiger charge is -2.22. The van der Waals surface area contributed by atoms with Gasteiger partial charge in [-0.2, -0.15) is 0 Å². The van der Waals surface area contributed by atoms with Crippen molar-refractivity contribution in [2.24, 2.45) is 0 Å². The maximum absolute atomic E-state index is 13.0. The lowest BCUT2D eigenvalue weighted by atomic mass is 10.0. The lowest BCUT2D eigenvalue weighted by Crippen LogP contribution is -2.33. The Hall–Kier alpha value is -2.88. The summed E-state index contributed by atoms with van der Waals surface area (Å²) in [5, 5.41) is 3.97. The highest BCUT2D eigenvalue weighted by molar-refractivity contribution is 5.95. The molecule has 0 spiro atoms. The van der Waals surface area contributed by atoms with Crippen molar-refractivity contribution in [1.29, 1.82) is 0 Å². The van der Waals surface area contributed by atoms with Crippen LogP contribution in [0.4, 0.5) is 5.69 Å². The molecule has 26 heavy (non-hydrogen) atoms. The molecule has 0 fully saturated rings. The smallest absolute Gasteiger partial charge is 0.252 e. The molecule has 1 atom stereocenters. The van der Waals surface area contributed by atoms with Gasteiger partial charge in [-0.25, -0.2) is 0 Å². The minimum absolute atomic E-state index is 0.143. The van der Waals surface area contributed by atoms with Crippen LogP contribution < -0.4 is 10.9 Å². The average molecular weight is 348 g/mol. The number of carbonyl (C=O) groups excluding carboxylic acids is 1. The number of nitrogens with one attached hydrogen (secondary N) is 1. The van der Waals surface area contributed by atoms with E-state index in [1.54, 1.807) is 10.6 Å². The second kappa shape index (κ2) is 7.16. The molecule has 0 saturated carbocycles. The molecule has 1 amide bonds. The number of carbonyl (C=O) groups is 1. The number of fused-ring (bicyclic) bond motifs is 1. The van der Waals surface area contributed by atoms with Crippen molar-refractivity contribution in [2.45, 2.75) is 40.2 Å². The lowest BCUT2D eigenvalue weighted by molar-refractivity contribution is -0.119. The number of aromatic nitrogens is 1. The summed E-state index contributed by atoms with van der Waals surface area (Å²) in [6.45, 7) is 7.81. The average Bonchev–Trinajstić information content (AvgIpc) is 2.58. The van der Waals surface area contributed by atoms with Crippen LogP contribution in [0.3, 0.4) is 0 Å². The highest BCUT2D eigenvalue weighted by Crippen LogP contribution is 2.25. The molecule has 1 N–H and O–H groups in total. The molecule has 0 radical (unpaired) electrons. The van der Waals surface area contributed by atoms with E-state index in [0.717, 1.165) is 33.3 Å². The Balaban J connectivity index is 2.11. The number of rotatable bonds is 4. The first-order valence-electron chi connectivity index (χ1n) is 8.91. The fourth-order valence-corrected chi connectivity index (χ4v) is 3.48. The monoisotopic (exact) mass is 348 g/mol. The van der Waals surface area contributed by atoms with E-state index in [-0.39, 0.29) is 11.5 Å². The van der Waals surface area contributed by atoms with Crippen LogP contribution in [0.25, 0.3) is 10.9 Å². The summed E-state index contributed by atoms with van der Waals surface area (Å²) in [5.41, 5.74) is 4.43. The Morgan fingerprint density at radius 2 is 1.77 bits per heavy atom. The summed E-state index contributed by atoms with van der Waals surface area (Å²) in [5.74, 6) is -0.173. The molecule has 0 bridgehead atoms. The predicted octanol–water partition coefficient (Wildman–Crippen LogP) is 4.52. The van der Waals surface area contributed by atoms with Crippen LogP contribution in [-0.4, -0.2) is 10.5 Å². The van der Waals surface area contributed by atoms with E-state index < -0.39 is 6.04 Å². The number of nitrogens with zero attached hydrogens (tertiary/aromatic N) is 1. The molecule has 4 heteroatoms. The number of hydrogen-bond donors (Lipinski definition) is 1. The normalized spacial score (nSPS) is 12.2. The van der Waals surface area contributed by atoms with Crippen molar-refractivity contribution in [3.05, 3.63) is 75.6 Å². The predicted molar refractivity (Wildman–Crippen MR) is 107 cm³/mol. The van der Waals surface area contributed by atoms with Crippen LogP contribution >= 0.6 is 0 Å². The Bertz CT molecular complexity index is 1030. The summed E-state index contributed by atoms with van der Waals surface area (Å²) >= 11 is 0. The van der Waals surface area contributed by atoms with Gasteiger partial charge in [-0.15, -0.1) is 0 Å². The van der Waals surface area contributed by atoms with E-state index in [0.29, 0.717) is 6.42 Å². The second-order valence-electron chi connectivity index (χ2n) is 6.79. The molecule has 4 nitrogen and oxygen atoms in total. The Kier molecular flexibility index (Phi) is 4.94. The van der Waals surface area contributed by atoms with Gasteiger partial charge >= 0.3 is 0 Å². The Labute approximate surface area is 153 Å². The van der Waals surface area contributed by atoms with Gasteiger partial charge in [0.05, 0.1) is 5.52 Å². The zero-order chi connectivity index (χ0) is 18.8. The molecule has 1 heterocycles. The molecule has 0 aliphatic heterocycles. The van der Waals surface area contributed by atoms with Crippen molar-refractivity contribution < 1.29 is 4.79 Å². The van der Waals surface area contributed by atoms with Gasteiger partial charge in [-0.1, -0.05) is 37.3 Å². The van der Waals surface area contributed by atoms with E-state index in [2.05, 4.69) is 5.32 Å². The van der Waals surface area contributed by atoms with E-state index in [9.17, 15) is 9.59 Å². The third kappa shape index (κ3) is 3.27. The number of para-hydroxylation sites is 1. The van der Waals surface area contributed by atoms with Crippen molar-refractivity contribution in [1.82, 2.24) is 4.57 Å². The first-order valence-corrected chi connectivity index (χ1v) is 8.91. The minimum atomic E-state index is -0.563. The molecule has 3 aromatic rings. The van der Waals surface area contributed by atoms with E-state index in [1.807, 2.05) is 70.2 Å².